The Morgan fingerprint density at radius 3 is 1.90 bits per heavy atom. The first-order chi connectivity index (χ1) is 8.81. The summed E-state index contributed by atoms with van der Waals surface area (Å²) in [6.45, 7) is 4.95. The second-order valence-electron chi connectivity index (χ2n) is 4.37. The van der Waals surface area contributed by atoms with Gasteiger partial charge in [0.05, 0.1) is 19.3 Å². The fourth-order valence-electron chi connectivity index (χ4n) is 1.55. The summed E-state index contributed by atoms with van der Waals surface area (Å²) >= 11 is 0. The van der Waals surface area contributed by atoms with Crippen LogP contribution in [0, 0.1) is 0 Å². The maximum Gasteiger partial charge on any atom is 1.00 e. The van der Waals surface area contributed by atoms with Crippen molar-refractivity contribution in [1.29, 1.82) is 0 Å². The zero-order valence-corrected chi connectivity index (χ0v) is 18.7. The minimum Gasteiger partial charge on any atom is -0.759 e. The minimum absolute atomic E-state index is 0. The topological polar surface area (TPSA) is 110 Å². The number of hydrogen-bond acceptors (Lipinski definition) is 6. The van der Waals surface area contributed by atoms with Crippen molar-refractivity contribution in [2.24, 2.45) is 0 Å². The smallest absolute Gasteiger partial charge is 0.759 e. The first-order valence-electron chi connectivity index (χ1n) is 6.70. The van der Waals surface area contributed by atoms with E-state index in [0.717, 1.165) is 6.42 Å². The molecule has 0 aromatic rings. The maximum atomic E-state index is 8.56. The van der Waals surface area contributed by atoms with Gasteiger partial charge in [0.25, 0.3) is 0 Å². The molecular formula is C12H26Na2O6S. The monoisotopic (exact) mass is 344 g/mol. The molecule has 0 amide bonds. The van der Waals surface area contributed by atoms with E-state index in [1.165, 1.54) is 38.5 Å². The third-order valence-corrected chi connectivity index (χ3v) is 2.46. The average Bonchev–Trinajstić information content (AvgIpc) is 2.29. The van der Waals surface area contributed by atoms with Crippen LogP contribution in [-0.2, 0) is 15.1 Å². The minimum atomic E-state index is -5.17. The van der Waals surface area contributed by atoms with Crippen LogP contribution in [0.15, 0.2) is 0 Å². The summed E-state index contributed by atoms with van der Waals surface area (Å²) in [6, 6.07) is 0. The number of aliphatic hydroxyl groups is 1. The molecule has 118 valence electrons. The van der Waals surface area contributed by atoms with E-state index >= 15 is 0 Å². The second-order valence-corrected chi connectivity index (χ2v) is 5.19. The molecule has 0 radical (unpaired) electrons. The molecule has 9 heteroatoms. The van der Waals surface area contributed by atoms with Crippen LogP contribution >= 0.6 is 0 Å². The van der Waals surface area contributed by atoms with E-state index in [2.05, 4.69) is 13.8 Å². The van der Waals surface area contributed by atoms with Crippen LogP contribution in [0.25, 0.3) is 0 Å². The molecule has 1 unspecified atom stereocenters. The molecule has 0 fully saturated rings. The molecule has 1 N–H and O–H groups in total. The van der Waals surface area contributed by atoms with Crippen molar-refractivity contribution in [1.82, 2.24) is 0 Å². The Bertz CT molecular complexity index is 267. The molecular weight excluding hydrogens is 318 g/mol. The van der Waals surface area contributed by atoms with Crippen molar-refractivity contribution in [2.45, 2.75) is 64.9 Å². The van der Waals surface area contributed by atoms with Crippen molar-refractivity contribution < 1.29 is 86.5 Å². The van der Waals surface area contributed by atoms with Gasteiger partial charge in [-0.05, 0) is 13.3 Å². The Kier molecular flexibility index (Phi) is 31.8. The van der Waals surface area contributed by atoms with Gasteiger partial charge in [-0.2, -0.15) is 0 Å². The predicted octanol–water partition coefficient (Wildman–Crippen LogP) is -4.20. The van der Waals surface area contributed by atoms with Gasteiger partial charge in [0, 0.05) is 10.4 Å². The molecule has 0 rings (SSSR count). The summed E-state index contributed by atoms with van der Waals surface area (Å²) in [4.78, 5) is 0. The standard InChI is InChI=1S/C12H26O2.2Na.H2O4S/c1-3-4-5-6-7-8-9-12(2)14-11-10-13;;;1-5(2,3)4/h12-13H,3-11H2,1-2H3;;;(H2,1,2,3,4)/q;2*+1;/p-2. The molecule has 0 aliphatic heterocycles. The third kappa shape index (κ3) is 44.9. The number of rotatable bonds is 10. The molecule has 0 saturated heterocycles. The van der Waals surface area contributed by atoms with Crippen molar-refractivity contribution in [2.75, 3.05) is 13.2 Å². The number of unbranched alkanes of at least 4 members (excludes halogenated alkanes) is 5. The molecule has 0 aliphatic rings. The van der Waals surface area contributed by atoms with Crippen LogP contribution in [0.5, 0.6) is 0 Å². The Hall–Kier alpha value is 1.79. The molecule has 21 heavy (non-hydrogen) atoms. The number of aliphatic hydroxyl groups excluding tert-OH is 1. The van der Waals surface area contributed by atoms with Crippen LogP contribution in [0.2, 0.25) is 0 Å². The molecule has 0 aromatic heterocycles. The Labute approximate surface area is 173 Å². The van der Waals surface area contributed by atoms with Crippen LogP contribution in [0.4, 0.5) is 0 Å². The van der Waals surface area contributed by atoms with Gasteiger partial charge in [0.1, 0.15) is 0 Å². The number of ether oxygens (including phenoxy) is 1. The third-order valence-electron chi connectivity index (χ3n) is 2.46. The van der Waals surface area contributed by atoms with E-state index in [9.17, 15) is 0 Å². The van der Waals surface area contributed by atoms with Crippen LogP contribution in [-0.4, -0.2) is 41.9 Å². The maximum absolute atomic E-state index is 8.56. The molecule has 0 aromatic carbocycles. The van der Waals surface area contributed by atoms with Crippen LogP contribution in [0.1, 0.15) is 58.8 Å². The van der Waals surface area contributed by atoms with Gasteiger partial charge >= 0.3 is 59.1 Å². The van der Waals surface area contributed by atoms with Gasteiger partial charge in [-0.25, -0.2) is 0 Å². The SMILES string of the molecule is CCCCCCCCC(C)OCCO.O=S(=O)([O-])[O-].[Na+].[Na+]. The zero-order chi connectivity index (χ0) is 15.1. The van der Waals surface area contributed by atoms with Gasteiger partial charge < -0.3 is 18.9 Å². The zero-order valence-electron chi connectivity index (χ0n) is 13.8. The predicted molar refractivity (Wildman–Crippen MR) is 71.0 cm³/mol. The molecule has 0 aliphatic carbocycles. The Morgan fingerprint density at radius 1 is 1.05 bits per heavy atom. The van der Waals surface area contributed by atoms with Crippen molar-refractivity contribution >= 4 is 10.4 Å². The fraction of sp³-hybridized carbons (Fsp3) is 1.00. The summed E-state index contributed by atoms with van der Waals surface area (Å²) in [5.41, 5.74) is 0. The van der Waals surface area contributed by atoms with E-state index in [1.54, 1.807) is 0 Å². The Morgan fingerprint density at radius 2 is 1.48 bits per heavy atom. The van der Waals surface area contributed by atoms with E-state index in [0.29, 0.717) is 12.7 Å². The first kappa shape index (κ1) is 30.6. The second kappa shape index (κ2) is 21.8. The number of hydrogen-bond donors (Lipinski definition) is 1. The van der Waals surface area contributed by atoms with E-state index in [1.807, 2.05) is 0 Å². The normalized spacial score (nSPS) is 11.5. The van der Waals surface area contributed by atoms with E-state index in [4.69, 9.17) is 27.4 Å². The Balaban J connectivity index is -0.000000179. The first-order valence-corrected chi connectivity index (χ1v) is 8.03. The molecule has 0 heterocycles. The van der Waals surface area contributed by atoms with Crippen molar-refractivity contribution in [3.8, 4) is 0 Å². The van der Waals surface area contributed by atoms with Gasteiger partial charge in [-0.3, -0.25) is 8.42 Å². The van der Waals surface area contributed by atoms with Gasteiger partial charge in [-0.15, -0.1) is 0 Å². The molecule has 0 spiro atoms. The summed E-state index contributed by atoms with van der Waals surface area (Å²) in [5, 5.41) is 8.56. The molecule has 0 saturated carbocycles. The quantitative estimate of drug-likeness (QED) is 0.186. The molecule has 1 atom stereocenters. The largest absolute Gasteiger partial charge is 1.00 e. The van der Waals surface area contributed by atoms with Crippen LogP contribution in [0.3, 0.4) is 0 Å². The average molecular weight is 344 g/mol. The van der Waals surface area contributed by atoms with Crippen LogP contribution < -0.4 is 59.1 Å². The van der Waals surface area contributed by atoms with Crippen molar-refractivity contribution in [3.63, 3.8) is 0 Å². The molecule has 6 nitrogen and oxygen atoms in total. The van der Waals surface area contributed by atoms with Gasteiger partial charge in [0.15, 0.2) is 0 Å². The van der Waals surface area contributed by atoms with E-state index < -0.39 is 10.4 Å². The van der Waals surface area contributed by atoms with Gasteiger partial charge in [-0.1, -0.05) is 45.4 Å². The van der Waals surface area contributed by atoms with E-state index in [-0.39, 0.29) is 65.7 Å². The molecule has 0 bridgehead atoms. The summed E-state index contributed by atoms with van der Waals surface area (Å²) in [7, 11) is -5.17. The van der Waals surface area contributed by atoms with Crippen molar-refractivity contribution in [3.05, 3.63) is 0 Å². The fourth-order valence-corrected chi connectivity index (χ4v) is 1.55. The summed E-state index contributed by atoms with van der Waals surface area (Å²) in [5.74, 6) is 0. The summed E-state index contributed by atoms with van der Waals surface area (Å²) in [6.07, 6.45) is 9.46. The summed E-state index contributed by atoms with van der Waals surface area (Å²) < 4.78 is 39.5. The van der Waals surface area contributed by atoms with Gasteiger partial charge in [0.2, 0.25) is 0 Å².